The summed E-state index contributed by atoms with van der Waals surface area (Å²) in [5, 5.41) is 3.83. The van der Waals surface area contributed by atoms with Crippen molar-refractivity contribution in [1.29, 1.82) is 0 Å². The fraction of sp³-hybridized carbons (Fsp3) is 0.300. The standard InChI is InChI=1S/C20H20ClN3O4S2/c21-17-10-16(30(26,27)24-14-3-1-2-4-14)6-7-18(17)28-12-20(25)23-15-5-8-19-13(9-15)11-22-29-19/h5-11,14,24H,1-4,12H2,(H,23,25). The molecule has 158 valence electrons. The van der Waals surface area contributed by atoms with Gasteiger partial charge in [0.2, 0.25) is 10.0 Å². The van der Waals surface area contributed by atoms with E-state index in [2.05, 4.69) is 14.4 Å². The molecule has 10 heteroatoms. The van der Waals surface area contributed by atoms with Gasteiger partial charge in [-0.15, -0.1) is 0 Å². The van der Waals surface area contributed by atoms with Crippen LogP contribution in [0.1, 0.15) is 25.7 Å². The monoisotopic (exact) mass is 465 g/mol. The van der Waals surface area contributed by atoms with E-state index in [0.717, 1.165) is 35.8 Å². The number of anilines is 1. The molecule has 0 atom stereocenters. The molecule has 1 fully saturated rings. The molecule has 0 saturated heterocycles. The number of aromatic nitrogens is 1. The Kier molecular flexibility index (Phi) is 6.24. The number of ether oxygens (including phenoxy) is 1. The number of carbonyl (C=O) groups excluding carboxylic acids is 1. The van der Waals surface area contributed by atoms with Crippen LogP contribution in [0.3, 0.4) is 0 Å². The summed E-state index contributed by atoms with van der Waals surface area (Å²) in [6, 6.07) is 9.71. The predicted molar refractivity (Wildman–Crippen MR) is 118 cm³/mol. The van der Waals surface area contributed by atoms with Crippen molar-refractivity contribution in [2.75, 3.05) is 11.9 Å². The SMILES string of the molecule is O=C(COc1ccc(S(=O)(=O)NC2CCCC2)cc1Cl)Nc1ccc2sncc2c1. The number of nitrogens with zero attached hydrogens (tertiary/aromatic N) is 1. The summed E-state index contributed by atoms with van der Waals surface area (Å²) in [5.74, 6) is -0.114. The van der Waals surface area contributed by atoms with Crippen molar-refractivity contribution in [1.82, 2.24) is 9.10 Å². The Bertz CT molecular complexity index is 1170. The van der Waals surface area contributed by atoms with Gasteiger partial charge in [0, 0.05) is 23.3 Å². The predicted octanol–water partition coefficient (Wildman–Crippen LogP) is 4.19. The highest BCUT2D eigenvalue weighted by Gasteiger charge is 2.23. The normalized spacial score (nSPS) is 14.8. The van der Waals surface area contributed by atoms with Crippen molar-refractivity contribution in [3.05, 3.63) is 47.6 Å². The number of fused-ring (bicyclic) bond motifs is 1. The van der Waals surface area contributed by atoms with Crippen LogP contribution < -0.4 is 14.8 Å². The number of nitrogens with one attached hydrogen (secondary N) is 2. The van der Waals surface area contributed by atoms with Gasteiger partial charge < -0.3 is 10.1 Å². The van der Waals surface area contributed by atoms with Gasteiger partial charge in [-0.3, -0.25) is 4.79 Å². The van der Waals surface area contributed by atoms with Crippen LogP contribution in [0.25, 0.3) is 10.1 Å². The third-order valence-corrected chi connectivity index (χ3v) is 7.48. The average molecular weight is 466 g/mol. The van der Waals surface area contributed by atoms with Gasteiger partial charge in [0.25, 0.3) is 5.91 Å². The molecular weight excluding hydrogens is 446 g/mol. The molecule has 0 unspecified atom stereocenters. The number of amides is 1. The molecule has 2 N–H and O–H groups in total. The minimum absolute atomic E-state index is 0.0301. The van der Waals surface area contributed by atoms with Crippen molar-refractivity contribution in [3.63, 3.8) is 0 Å². The lowest BCUT2D eigenvalue weighted by atomic mass is 10.2. The number of hydrogen-bond donors (Lipinski definition) is 2. The summed E-state index contributed by atoms with van der Waals surface area (Å²) in [6.07, 6.45) is 5.49. The summed E-state index contributed by atoms with van der Waals surface area (Å²) in [6.45, 7) is -0.258. The van der Waals surface area contributed by atoms with Crippen LogP contribution in [0.5, 0.6) is 5.75 Å². The molecule has 1 amide bonds. The minimum Gasteiger partial charge on any atom is -0.482 e. The van der Waals surface area contributed by atoms with Gasteiger partial charge in [-0.1, -0.05) is 24.4 Å². The third-order valence-electron chi connectivity index (χ3n) is 4.89. The zero-order valence-corrected chi connectivity index (χ0v) is 18.3. The summed E-state index contributed by atoms with van der Waals surface area (Å²) < 4.78 is 38.4. The summed E-state index contributed by atoms with van der Waals surface area (Å²) in [5.41, 5.74) is 0.641. The maximum atomic E-state index is 12.5. The maximum Gasteiger partial charge on any atom is 0.262 e. The lowest BCUT2D eigenvalue weighted by Gasteiger charge is -2.14. The number of rotatable bonds is 7. The second kappa shape index (κ2) is 8.89. The van der Waals surface area contributed by atoms with E-state index in [9.17, 15) is 13.2 Å². The molecule has 0 spiro atoms. The summed E-state index contributed by atoms with van der Waals surface area (Å²) in [4.78, 5) is 12.3. The van der Waals surface area contributed by atoms with Crippen LogP contribution in [0.15, 0.2) is 47.5 Å². The van der Waals surface area contributed by atoms with Gasteiger partial charge in [0.15, 0.2) is 6.61 Å². The Labute approximate surface area is 183 Å². The van der Waals surface area contributed by atoms with Crippen LogP contribution in [-0.4, -0.2) is 31.3 Å². The van der Waals surface area contributed by atoms with Crippen molar-refractivity contribution in [3.8, 4) is 5.75 Å². The van der Waals surface area contributed by atoms with Crippen molar-refractivity contribution < 1.29 is 17.9 Å². The highest BCUT2D eigenvalue weighted by atomic mass is 35.5. The van der Waals surface area contributed by atoms with Crippen LogP contribution >= 0.6 is 23.1 Å². The van der Waals surface area contributed by atoms with E-state index in [-0.39, 0.29) is 34.2 Å². The van der Waals surface area contributed by atoms with Gasteiger partial charge in [-0.25, -0.2) is 13.1 Å². The Morgan fingerprint density at radius 1 is 1.20 bits per heavy atom. The molecule has 7 nitrogen and oxygen atoms in total. The first kappa shape index (κ1) is 21.0. The van der Waals surface area contributed by atoms with E-state index in [1.54, 1.807) is 12.3 Å². The molecule has 1 aromatic heterocycles. The molecule has 4 rings (SSSR count). The fourth-order valence-corrected chi connectivity index (χ4v) is 5.64. The Balaban J connectivity index is 1.36. The minimum atomic E-state index is -3.64. The van der Waals surface area contributed by atoms with Gasteiger partial charge >= 0.3 is 0 Å². The number of halogens is 1. The van der Waals surface area contributed by atoms with E-state index >= 15 is 0 Å². The molecule has 1 saturated carbocycles. The maximum absolute atomic E-state index is 12.5. The van der Waals surface area contributed by atoms with Crippen molar-refractivity contribution >= 4 is 54.8 Å². The molecule has 0 bridgehead atoms. The van der Waals surface area contributed by atoms with Gasteiger partial charge in [0.1, 0.15) is 5.75 Å². The Morgan fingerprint density at radius 3 is 2.77 bits per heavy atom. The molecule has 30 heavy (non-hydrogen) atoms. The zero-order valence-electron chi connectivity index (χ0n) is 15.9. The molecule has 1 aliphatic carbocycles. The van der Waals surface area contributed by atoms with Gasteiger partial charge in [-0.2, -0.15) is 4.37 Å². The number of hydrogen-bond acceptors (Lipinski definition) is 6. The van der Waals surface area contributed by atoms with E-state index in [0.29, 0.717) is 5.69 Å². The van der Waals surface area contributed by atoms with Crippen molar-refractivity contribution in [2.24, 2.45) is 0 Å². The first-order valence-corrected chi connectivity index (χ1v) is 12.1. The second-order valence-electron chi connectivity index (χ2n) is 7.11. The van der Waals surface area contributed by atoms with E-state index < -0.39 is 10.0 Å². The van der Waals surface area contributed by atoms with Crippen LogP contribution in [0, 0.1) is 0 Å². The van der Waals surface area contributed by atoms with E-state index in [1.165, 1.54) is 29.7 Å². The summed E-state index contributed by atoms with van der Waals surface area (Å²) >= 11 is 7.58. The molecular formula is C20H20ClN3O4S2. The van der Waals surface area contributed by atoms with Gasteiger partial charge in [0.05, 0.1) is 14.6 Å². The van der Waals surface area contributed by atoms with Crippen LogP contribution in [-0.2, 0) is 14.8 Å². The molecule has 0 radical (unpaired) electrons. The molecule has 1 aliphatic rings. The first-order chi connectivity index (χ1) is 14.4. The Morgan fingerprint density at radius 2 is 2.00 bits per heavy atom. The second-order valence-corrected chi connectivity index (χ2v) is 10.1. The van der Waals surface area contributed by atoms with Crippen LogP contribution in [0.4, 0.5) is 5.69 Å². The lowest BCUT2D eigenvalue weighted by molar-refractivity contribution is -0.118. The topological polar surface area (TPSA) is 97.4 Å². The number of carbonyl (C=O) groups is 1. The van der Waals surface area contributed by atoms with Crippen molar-refractivity contribution in [2.45, 2.75) is 36.6 Å². The summed E-state index contributed by atoms with van der Waals surface area (Å²) in [7, 11) is -3.64. The highest BCUT2D eigenvalue weighted by molar-refractivity contribution is 7.89. The first-order valence-electron chi connectivity index (χ1n) is 9.50. The lowest BCUT2D eigenvalue weighted by Crippen LogP contribution is -2.32. The number of sulfonamides is 1. The zero-order chi connectivity index (χ0) is 21.1. The quantitative estimate of drug-likeness (QED) is 0.545. The van der Waals surface area contributed by atoms with Gasteiger partial charge in [-0.05, 0) is 60.8 Å². The molecule has 0 aliphatic heterocycles. The highest BCUT2D eigenvalue weighted by Crippen LogP contribution is 2.28. The fourth-order valence-electron chi connectivity index (χ4n) is 3.39. The van der Waals surface area contributed by atoms with E-state index in [4.69, 9.17) is 16.3 Å². The van der Waals surface area contributed by atoms with Crippen LogP contribution in [0.2, 0.25) is 5.02 Å². The number of benzene rings is 2. The smallest absolute Gasteiger partial charge is 0.262 e. The largest absolute Gasteiger partial charge is 0.482 e. The molecule has 2 aromatic carbocycles. The molecule has 3 aromatic rings. The Hall–Kier alpha value is -2.20. The molecule has 1 heterocycles. The van der Waals surface area contributed by atoms with E-state index in [1.807, 2.05) is 12.1 Å². The third kappa shape index (κ3) is 4.92. The average Bonchev–Trinajstić information content (AvgIpc) is 3.38.